The molecule has 0 saturated heterocycles. The topological polar surface area (TPSA) is 15.4 Å². The van der Waals surface area contributed by atoms with Crippen molar-refractivity contribution in [1.82, 2.24) is 0 Å². The second-order valence-electron chi connectivity index (χ2n) is 1.90. The summed E-state index contributed by atoms with van der Waals surface area (Å²) in [6, 6.07) is 0. The summed E-state index contributed by atoms with van der Waals surface area (Å²) in [4.78, 5) is 0. The van der Waals surface area contributed by atoms with Crippen LogP contribution in [0.2, 0.25) is 0 Å². The minimum Gasteiger partial charge on any atom is -0.0874 e. The van der Waals surface area contributed by atoms with E-state index >= 15 is 0 Å². The monoisotopic (exact) mass is 109 g/mol. The van der Waals surface area contributed by atoms with Gasteiger partial charge in [0.05, 0.1) is 0 Å². The molecule has 8 heavy (non-hydrogen) atoms. The predicted molar refractivity (Wildman–Crippen MR) is 31.5 cm³/mol. The van der Waals surface area contributed by atoms with Crippen LogP contribution < -0.4 is 0 Å². The van der Waals surface area contributed by atoms with Crippen LogP contribution in [0, 0.1) is 0 Å². The van der Waals surface area contributed by atoms with Gasteiger partial charge in [0.1, 0.15) is 6.20 Å². The van der Waals surface area contributed by atoms with E-state index in [2.05, 4.69) is 11.7 Å². The maximum absolute atomic E-state index is 3.97. The van der Waals surface area contributed by atoms with Crippen LogP contribution in [-0.2, 0) is 0 Å². The Hall–Kier alpha value is -0.920. The predicted octanol–water partition coefficient (Wildman–Crippen LogP) is 1.51. The van der Waals surface area contributed by atoms with Crippen LogP contribution in [0.5, 0.6) is 0 Å². The minimum atomic E-state index is 0.991. The summed E-state index contributed by atoms with van der Waals surface area (Å²) in [5.74, 6) is 0. The second-order valence-corrected chi connectivity index (χ2v) is 1.90. The van der Waals surface area contributed by atoms with Gasteiger partial charge in [-0.1, -0.05) is 4.70 Å². The van der Waals surface area contributed by atoms with Crippen LogP contribution in [-0.4, -0.2) is 11.7 Å². The molecule has 2 nitrogen and oxygen atoms in total. The molecule has 1 rings (SSSR count). The van der Waals surface area contributed by atoms with E-state index in [9.17, 15) is 0 Å². The molecule has 2 heteroatoms. The molecule has 0 aliphatic carbocycles. The quantitative estimate of drug-likeness (QED) is 0.419. The molecule has 0 aromatic rings. The summed E-state index contributed by atoms with van der Waals surface area (Å²) in [5.41, 5.74) is 2.14. The van der Waals surface area contributed by atoms with Gasteiger partial charge in [-0.15, -0.1) is 0 Å². The SMILES string of the molecule is C=C1C(C)=CN=[N+]1C. The number of allylic oxidation sites excluding steroid dienone is 1. The highest BCUT2D eigenvalue weighted by atomic mass is 15.3. The summed E-state index contributed by atoms with van der Waals surface area (Å²) in [5, 5.41) is 3.97. The van der Waals surface area contributed by atoms with Crippen molar-refractivity contribution < 1.29 is 4.70 Å². The van der Waals surface area contributed by atoms with Gasteiger partial charge in [0.15, 0.2) is 7.05 Å². The molecule has 0 radical (unpaired) electrons. The van der Waals surface area contributed by atoms with Crippen LogP contribution in [0.4, 0.5) is 0 Å². The van der Waals surface area contributed by atoms with Crippen molar-refractivity contribution in [1.29, 1.82) is 0 Å². The molecule has 0 amide bonds. The third-order valence-electron chi connectivity index (χ3n) is 1.27. The van der Waals surface area contributed by atoms with Crippen LogP contribution in [0.1, 0.15) is 6.92 Å². The summed E-state index contributed by atoms with van der Waals surface area (Å²) in [7, 11) is 1.88. The summed E-state index contributed by atoms with van der Waals surface area (Å²) in [6.45, 7) is 5.78. The molecule has 0 saturated carbocycles. The van der Waals surface area contributed by atoms with E-state index in [-0.39, 0.29) is 0 Å². The molecule has 0 spiro atoms. The number of hydrogen-bond acceptors (Lipinski definition) is 1. The maximum Gasteiger partial charge on any atom is 0.229 e. The fraction of sp³-hybridized carbons (Fsp3) is 0.333. The van der Waals surface area contributed by atoms with E-state index in [0.29, 0.717) is 0 Å². The molecule has 0 atom stereocenters. The molecule has 0 aromatic heterocycles. The van der Waals surface area contributed by atoms with E-state index in [4.69, 9.17) is 0 Å². The Morgan fingerprint density at radius 1 is 1.75 bits per heavy atom. The van der Waals surface area contributed by atoms with E-state index < -0.39 is 0 Å². The van der Waals surface area contributed by atoms with E-state index in [1.807, 2.05) is 20.2 Å². The zero-order chi connectivity index (χ0) is 6.15. The highest BCUT2D eigenvalue weighted by Gasteiger charge is 2.13. The molecule has 42 valence electrons. The van der Waals surface area contributed by atoms with Crippen LogP contribution >= 0.6 is 0 Å². The van der Waals surface area contributed by atoms with Crippen LogP contribution in [0.15, 0.2) is 29.2 Å². The third-order valence-corrected chi connectivity index (χ3v) is 1.27. The summed E-state index contributed by atoms with van der Waals surface area (Å²) in [6.07, 6.45) is 1.81. The van der Waals surface area contributed by atoms with Crippen molar-refractivity contribution in [3.63, 3.8) is 0 Å². The maximum atomic E-state index is 3.97. The number of rotatable bonds is 0. The first-order chi connectivity index (χ1) is 3.72. The molecule has 0 unspecified atom stereocenters. The minimum absolute atomic E-state index is 0.991. The molecule has 1 heterocycles. The third kappa shape index (κ3) is 0.579. The lowest BCUT2D eigenvalue weighted by atomic mass is 10.3. The average Bonchev–Trinajstić information content (AvgIpc) is 1.98. The van der Waals surface area contributed by atoms with Crippen LogP contribution in [0.3, 0.4) is 0 Å². The fourth-order valence-corrected chi connectivity index (χ4v) is 0.573. The largest absolute Gasteiger partial charge is 0.229 e. The Morgan fingerprint density at radius 3 is 2.50 bits per heavy atom. The lowest BCUT2D eigenvalue weighted by Crippen LogP contribution is -1.95. The second kappa shape index (κ2) is 1.54. The van der Waals surface area contributed by atoms with Gasteiger partial charge >= 0.3 is 0 Å². The number of azo groups is 2. The van der Waals surface area contributed by atoms with Crippen molar-refractivity contribution in [2.75, 3.05) is 7.05 Å². The molecule has 1 aliphatic rings. The van der Waals surface area contributed by atoms with Crippen molar-refractivity contribution in [2.45, 2.75) is 6.92 Å². The van der Waals surface area contributed by atoms with Crippen molar-refractivity contribution in [3.05, 3.63) is 24.0 Å². The van der Waals surface area contributed by atoms with Gasteiger partial charge in [0.2, 0.25) is 5.70 Å². The average molecular weight is 109 g/mol. The standard InChI is InChI=1S/C6H9N2/c1-5-4-7-8(3)6(5)2/h4H,2H2,1,3H3/q+1. The zero-order valence-corrected chi connectivity index (χ0v) is 5.18. The van der Waals surface area contributed by atoms with Crippen molar-refractivity contribution in [3.8, 4) is 0 Å². The summed E-state index contributed by atoms with van der Waals surface area (Å²) < 4.78 is 1.76. The lowest BCUT2D eigenvalue weighted by Gasteiger charge is -1.84. The molecule has 0 N–H and O–H groups in total. The highest BCUT2D eigenvalue weighted by molar-refractivity contribution is 5.20. The zero-order valence-electron chi connectivity index (χ0n) is 5.18. The number of nitrogens with zero attached hydrogens (tertiary/aromatic N) is 2. The number of hydrogen-bond donors (Lipinski definition) is 0. The first-order valence-electron chi connectivity index (χ1n) is 2.52. The van der Waals surface area contributed by atoms with E-state index in [1.54, 1.807) is 4.70 Å². The normalized spacial score (nSPS) is 18.5. The van der Waals surface area contributed by atoms with Crippen molar-refractivity contribution >= 4 is 0 Å². The Kier molecular flexibility index (Phi) is 1.01. The lowest BCUT2D eigenvalue weighted by molar-refractivity contribution is -0.503. The van der Waals surface area contributed by atoms with Gasteiger partial charge in [0, 0.05) is 5.57 Å². The molecule has 0 fully saturated rings. The Balaban J connectivity index is 2.92. The Bertz CT molecular complexity index is 167. The Labute approximate surface area is 48.8 Å². The molecule has 0 aromatic carbocycles. The molecular weight excluding hydrogens is 100 g/mol. The van der Waals surface area contributed by atoms with Crippen molar-refractivity contribution in [2.24, 2.45) is 5.11 Å². The molecule has 1 aliphatic heterocycles. The smallest absolute Gasteiger partial charge is 0.0874 e. The number of likely N-dealkylation sites (N-methyl/N-ethyl adjacent to an activating group) is 1. The first kappa shape index (κ1) is 5.22. The van der Waals surface area contributed by atoms with E-state index in [0.717, 1.165) is 11.3 Å². The Morgan fingerprint density at radius 2 is 2.38 bits per heavy atom. The highest BCUT2D eigenvalue weighted by Crippen LogP contribution is 2.12. The van der Waals surface area contributed by atoms with Gasteiger partial charge in [0.25, 0.3) is 0 Å². The van der Waals surface area contributed by atoms with Gasteiger partial charge in [-0.25, -0.2) is 0 Å². The first-order valence-corrected chi connectivity index (χ1v) is 2.52. The van der Waals surface area contributed by atoms with Gasteiger partial charge in [-0.3, -0.25) is 0 Å². The fourth-order valence-electron chi connectivity index (χ4n) is 0.573. The summed E-state index contributed by atoms with van der Waals surface area (Å²) >= 11 is 0. The van der Waals surface area contributed by atoms with Crippen LogP contribution in [0.25, 0.3) is 0 Å². The van der Waals surface area contributed by atoms with E-state index in [1.165, 1.54) is 0 Å². The molecular formula is C6H9N2+. The van der Waals surface area contributed by atoms with Gasteiger partial charge in [-0.05, 0) is 18.6 Å². The van der Waals surface area contributed by atoms with Gasteiger partial charge in [-0.2, -0.15) is 0 Å². The molecule has 0 bridgehead atoms. The van der Waals surface area contributed by atoms with Gasteiger partial charge < -0.3 is 0 Å².